The minimum atomic E-state index is -0.394. The molecule has 0 aliphatic heterocycles. The molecule has 0 aliphatic carbocycles. The third kappa shape index (κ3) is 4.75. The highest BCUT2D eigenvalue weighted by Crippen LogP contribution is 2.25. The number of para-hydroxylation sites is 1. The molecule has 1 heterocycles. The molecule has 2 aromatic carbocycles. The van der Waals surface area contributed by atoms with Crippen LogP contribution in [0.15, 0.2) is 53.6 Å². The second kappa shape index (κ2) is 8.10. The highest BCUT2D eigenvalue weighted by molar-refractivity contribution is 8.00. The molecule has 1 aromatic heterocycles. The lowest BCUT2D eigenvalue weighted by Gasteiger charge is -2.19. The Labute approximate surface area is 169 Å². The standard InChI is InChI=1S/C22H23N3O2S/c1-14-23-18-8-6-5-7-17(18)21(24-14)28-13-19(26)25-20(27)15-9-11-16(12-10-15)22(2,3)4/h5-12H,13H2,1-4H3,(H,25,26,27). The predicted octanol–water partition coefficient (Wildman–Crippen LogP) is 4.28. The zero-order valence-corrected chi connectivity index (χ0v) is 17.3. The Bertz CT molecular complexity index is 1020. The maximum absolute atomic E-state index is 12.3. The maximum atomic E-state index is 12.3. The van der Waals surface area contributed by atoms with Crippen LogP contribution in [0.5, 0.6) is 0 Å². The summed E-state index contributed by atoms with van der Waals surface area (Å²) in [5.41, 5.74) is 2.46. The van der Waals surface area contributed by atoms with Crippen LogP contribution in [-0.2, 0) is 10.2 Å². The predicted molar refractivity (Wildman–Crippen MR) is 113 cm³/mol. The number of thioether (sulfide) groups is 1. The first-order valence-electron chi connectivity index (χ1n) is 9.05. The second-order valence-corrected chi connectivity index (χ2v) is 8.55. The summed E-state index contributed by atoms with van der Waals surface area (Å²) in [4.78, 5) is 33.4. The first-order valence-corrected chi connectivity index (χ1v) is 10.0. The van der Waals surface area contributed by atoms with Crippen LogP contribution >= 0.6 is 11.8 Å². The number of nitrogens with zero attached hydrogens (tertiary/aromatic N) is 2. The molecule has 0 fully saturated rings. The number of fused-ring (bicyclic) bond motifs is 1. The van der Waals surface area contributed by atoms with Crippen molar-refractivity contribution in [1.82, 2.24) is 15.3 Å². The molecule has 28 heavy (non-hydrogen) atoms. The maximum Gasteiger partial charge on any atom is 0.257 e. The molecule has 1 N–H and O–H groups in total. The van der Waals surface area contributed by atoms with Gasteiger partial charge in [0, 0.05) is 10.9 Å². The summed E-state index contributed by atoms with van der Waals surface area (Å²) in [6, 6.07) is 15.0. The molecule has 3 rings (SSSR count). The number of carbonyl (C=O) groups excluding carboxylic acids is 2. The van der Waals surface area contributed by atoms with Crippen LogP contribution in [0.1, 0.15) is 42.5 Å². The van der Waals surface area contributed by atoms with Gasteiger partial charge >= 0.3 is 0 Å². The van der Waals surface area contributed by atoms with Gasteiger partial charge < -0.3 is 0 Å². The van der Waals surface area contributed by atoms with Crippen molar-refractivity contribution in [1.29, 1.82) is 0 Å². The van der Waals surface area contributed by atoms with E-state index in [0.717, 1.165) is 21.5 Å². The Balaban J connectivity index is 1.64. The summed E-state index contributed by atoms with van der Waals surface area (Å²) in [5, 5.41) is 4.08. The van der Waals surface area contributed by atoms with Crippen LogP contribution in [0.4, 0.5) is 0 Å². The van der Waals surface area contributed by atoms with E-state index in [0.29, 0.717) is 11.4 Å². The van der Waals surface area contributed by atoms with E-state index >= 15 is 0 Å². The largest absolute Gasteiger partial charge is 0.292 e. The Kier molecular flexibility index (Phi) is 5.79. The van der Waals surface area contributed by atoms with Crippen molar-refractivity contribution in [2.24, 2.45) is 0 Å². The average Bonchev–Trinajstić information content (AvgIpc) is 2.65. The van der Waals surface area contributed by atoms with E-state index in [1.165, 1.54) is 11.8 Å². The van der Waals surface area contributed by atoms with Crippen molar-refractivity contribution in [3.63, 3.8) is 0 Å². The third-order valence-corrected chi connectivity index (χ3v) is 5.28. The normalized spacial score (nSPS) is 11.4. The molecule has 0 saturated heterocycles. The van der Waals surface area contributed by atoms with Crippen LogP contribution in [-0.4, -0.2) is 27.5 Å². The number of aromatic nitrogens is 2. The average molecular weight is 394 g/mol. The SMILES string of the molecule is Cc1nc(SCC(=O)NC(=O)c2ccc(C(C)(C)C)cc2)c2ccccc2n1. The van der Waals surface area contributed by atoms with E-state index < -0.39 is 5.91 Å². The van der Waals surface area contributed by atoms with Crippen molar-refractivity contribution in [3.8, 4) is 0 Å². The van der Waals surface area contributed by atoms with Gasteiger partial charge in [0.2, 0.25) is 5.91 Å². The molecule has 0 bridgehead atoms. The molecule has 0 unspecified atom stereocenters. The number of carbonyl (C=O) groups is 2. The fourth-order valence-electron chi connectivity index (χ4n) is 2.76. The lowest BCUT2D eigenvalue weighted by atomic mass is 9.87. The lowest BCUT2D eigenvalue weighted by molar-refractivity contribution is -0.117. The zero-order chi connectivity index (χ0) is 20.3. The van der Waals surface area contributed by atoms with E-state index in [2.05, 4.69) is 36.1 Å². The topological polar surface area (TPSA) is 72.0 Å². The molecular weight excluding hydrogens is 370 g/mol. The smallest absolute Gasteiger partial charge is 0.257 e. The first-order chi connectivity index (χ1) is 13.2. The van der Waals surface area contributed by atoms with Gasteiger partial charge in [-0.05, 0) is 36.1 Å². The molecule has 2 amide bonds. The minimum absolute atomic E-state index is 0.0138. The Morgan fingerprint density at radius 3 is 2.36 bits per heavy atom. The Morgan fingerprint density at radius 2 is 1.68 bits per heavy atom. The molecule has 0 atom stereocenters. The number of aryl methyl sites for hydroxylation is 1. The van der Waals surface area contributed by atoms with Crippen LogP contribution in [0.25, 0.3) is 10.9 Å². The second-order valence-electron chi connectivity index (χ2n) is 7.59. The van der Waals surface area contributed by atoms with Gasteiger partial charge in [-0.15, -0.1) is 0 Å². The van der Waals surface area contributed by atoms with Crippen LogP contribution in [0.3, 0.4) is 0 Å². The highest BCUT2D eigenvalue weighted by Gasteiger charge is 2.16. The van der Waals surface area contributed by atoms with Gasteiger partial charge in [0.25, 0.3) is 5.91 Å². The van der Waals surface area contributed by atoms with Crippen molar-refractivity contribution >= 4 is 34.5 Å². The van der Waals surface area contributed by atoms with Crippen LogP contribution in [0, 0.1) is 6.92 Å². The quantitative estimate of drug-likeness (QED) is 0.529. The first kappa shape index (κ1) is 20.0. The minimum Gasteiger partial charge on any atom is -0.292 e. The highest BCUT2D eigenvalue weighted by atomic mass is 32.2. The molecule has 0 radical (unpaired) electrons. The number of benzene rings is 2. The summed E-state index contributed by atoms with van der Waals surface area (Å²) in [5.74, 6) is 0.00774. The lowest BCUT2D eigenvalue weighted by Crippen LogP contribution is -2.31. The Hall–Kier alpha value is -2.73. The molecule has 0 saturated carbocycles. The van der Waals surface area contributed by atoms with Crippen LogP contribution < -0.4 is 5.32 Å². The number of nitrogens with one attached hydrogen (secondary N) is 1. The zero-order valence-electron chi connectivity index (χ0n) is 16.4. The van der Waals surface area contributed by atoms with Gasteiger partial charge in [0.1, 0.15) is 10.9 Å². The number of amides is 2. The number of hydrogen-bond acceptors (Lipinski definition) is 5. The van der Waals surface area contributed by atoms with Gasteiger partial charge in [-0.1, -0.05) is 62.9 Å². The Morgan fingerprint density at radius 1 is 1.00 bits per heavy atom. The number of imide groups is 1. The van der Waals surface area contributed by atoms with Gasteiger partial charge in [-0.3, -0.25) is 14.9 Å². The third-order valence-electron chi connectivity index (χ3n) is 4.29. The summed E-state index contributed by atoms with van der Waals surface area (Å²) < 4.78 is 0. The monoisotopic (exact) mass is 393 g/mol. The summed E-state index contributed by atoms with van der Waals surface area (Å²) in [6.07, 6.45) is 0. The van der Waals surface area contributed by atoms with E-state index in [-0.39, 0.29) is 17.1 Å². The van der Waals surface area contributed by atoms with E-state index in [4.69, 9.17) is 0 Å². The van der Waals surface area contributed by atoms with Gasteiger partial charge in [0.15, 0.2) is 0 Å². The fourth-order valence-corrected chi connectivity index (χ4v) is 3.62. The van der Waals surface area contributed by atoms with Gasteiger partial charge in [0.05, 0.1) is 11.3 Å². The fraction of sp³-hybridized carbons (Fsp3) is 0.273. The van der Waals surface area contributed by atoms with E-state index in [1.54, 1.807) is 12.1 Å². The molecule has 5 nitrogen and oxygen atoms in total. The molecule has 0 spiro atoms. The number of hydrogen-bond donors (Lipinski definition) is 1. The van der Waals surface area contributed by atoms with Crippen molar-refractivity contribution in [2.45, 2.75) is 38.1 Å². The van der Waals surface area contributed by atoms with E-state index in [1.807, 2.05) is 43.3 Å². The summed E-state index contributed by atoms with van der Waals surface area (Å²) in [7, 11) is 0. The van der Waals surface area contributed by atoms with Crippen LogP contribution in [0.2, 0.25) is 0 Å². The van der Waals surface area contributed by atoms with Gasteiger partial charge in [-0.2, -0.15) is 0 Å². The van der Waals surface area contributed by atoms with Gasteiger partial charge in [-0.25, -0.2) is 9.97 Å². The molecule has 0 aliphatic rings. The molecule has 3 aromatic rings. The van der Waals surface area contributed by atoms with Crippen molar-refractivity contribution < 1.29 is 9.59 Å². The molecule has 144 valence electrons. The molecule has 6 heteroatoms. The number of rotatable bonds is 4. The van der Waals surface area contributed by atoms with Crippen molar-refractivity contribution in [3.05, 3.63) is 65.5 Å². The molecular formula is C22H23N3O2S. The van der Waals surface area contributed by atoms with E-state index in [9.17, 15) is 9.59 Å². The summed E-state index contributed by atoms with van der Waals surface area (Å²) >= 11 is 1.30. The van der Waals surface area contributed by atoms with Crippen molar-refractivity contribution in [2.75, 3.05) is 5.75 Å². The summed E-state index contributed by atoms with van der Waals surface area (Å²) in [6.45, 7) is 8.16.